The minimum Gasteiger partial charge on any atom is -0.487 e. The van der Waals surface area contributed by atoms with Gasteiger partial charge in [0, 0.05) is 38.4 Å². The van der Waals surface area contributed by atoms with E-state index in [-0.39, 0.29) is 16.1 Å². The van der Waals surface area contributed by atoms with Crippen LogP contribution in [-0.4, -0.2) is 60.6 Å². The Hall–Kier alpha value is -3.44. The lowest BCUT2D eigenvalue weighted by Crippen LogP contribution is -2.45. The van der Waals surface area contributed by atoms with E-state index in [2.05, 4.69) is 32.4 Å². The van der Waals surface area contributed by atoms with Crippen molar-refractivity contribution in [1.82, 2.24) is 14.9 Å². The molecule has 0 radical (unpaired) electrons. The molecule has 2 fully saturated rings. The smallest absolute Gasteiger partial charge is 0.198 e. The molecule has 1 aromatic carbocycles. The third kappa shape index (κ3) is 3.84. The fourth-order valence-corrected chi connectivity index (χ4v) is 4.97. The maximum atomic E-state index is 15.5. The second-order valence-electron chi connectivity index (χ2n) is 9.32. The summed E-state index contributed by atoms with van der Waals surface area (Å²) in [6.07, 6.45) is 6.63. The van der Waals surface area contributed by atoms with Crippen LogP contribution in [0.25, 0.3) is 10.9 Å². The van der Waals surface area contributed by atoms with E-state index in [1.165, 1.54) is 18.5 Å². The number of aromatic nitrogens is 1. The molecule has 0 unspecified atom stereocenters. The first kappa shape index (κ1) is 22.1. The lowest BCUT2D eigenvalue weighted by Gasteiger charge is -2.37. The van der Waals surface area contributed by atoms with Crippen LogP contribution in [-0.2, 0) is 5.54 Å². The summed E-state index contributed by atoms with van der Waals surface area (Å²) in [7, 11) is 2.06. The van der Waals surface area contributed by atoms with Crippen LogP contribution in [0.2, 0.25) is 0 Å². The number of likely N-dealkylation sites (N-methyl/N-ethyl adjacent to an activating group) is 1. The molecule has 182 valence electrons. The van der Waals surface area contributed by atoms with Gasteiger partial charge in [-0.25, -0.2) is 4.39 Å². The Morgan fingerprint density at radius 3 is 2.80 bits per heavy atom. The van der Waals surface area contributed by atoms with Gasteiger partial charge < -0.3 is 28.8 Å². The van der Waals surface area contributed by atoms with Crippen LogP contribution in [0.3, 0.4) is 0 Å². The monoisotopic (exact) mass is 496 g/mol. The van der Waals surface area contributed by atoms with Crippen molar-refractivity contribution in [1.29, 1.82) is 0 Å². The van der Waals surface area contributed by atoms with Crippen LogP contribution < -0.4 is 25.8 Å². The Morgan fingerprint density at radius 2 is 2.09 bits per heavy atom. The van der Waals surface area contributed by atoms with Crippen molar-refractivity contribution in [2.75, 3.05) is 50.1 Å². The number of nitrogens with one attached hydrogen (secondary N) is 2. The molecule has 0 bridgehead atoms. The molecule has 1 aliphatic carbocycles. The summed E-state index contributed by atoms with van der Waals surface area (Å²) in [4.78, 5) is 17.6. The zero-order valence-electron chi connectivity index (χ0n) is 19.2. The molecule has 35 heavy (non-hydrogen) atoms. The lowest BCUT2D eigenvalue weighted by molar-refractivity contribution is 0.219. The number of hydrogen-bond donors (Lipinski definition) is 2. The summed E-state index contributed by atoms with van der Waals surface area (Å²) in [5.41, 5.74) is 3.63. The molecule has 1 saturated heterocycles. The summed E-state index contributed by atoms with van der Waals surface area (Å²) in [5, 5.41) is 7.48. The zero-order valence-corrected chi connectivity index (χ0v) is 20.0. The van der Waals surface area contributed by atoms with Crippen molar-refractivity contribution < 1.29 is 13.5 Å². The number of benzene rings is 1. The molecular formula is C24H25FN6O3S. The predicted molar refractivity (Wildman–Crippen MR) is 136 cm³/mol. The molecule has 2 N–H and O–H groups in total. The molecule has 11 heteroatoms. The maximum absolute atomic E-state index is 15.5. The summed E-state index contributed by atoms with van der Waals surface area (Å²) < 4.78 is 29.0. The van der Waals surface area contributed by atoms with Crippen LogP contribution in [0.5, 0.6) is 5.75 Å². The van der Waals surface area contributed by atoms with Gasteiger partial charge in [-0.3, -0.25) is 10.2 Å². The molecule has 6 rings (SSSR count). The third-order valence-corrected chi connectivity index (χ3v) is 7.16. The molecule has 1 saturated carbocycles. The number of thiocarbonyl (C=S) groups is 1. The molecule has 9 nitrogen and oxygen atoms in total. The van der Waals surface area contributed by atoms with Crippen molar-refractivity contribution in [3.8, 4) is 5.75 Å². The van der Waals surface area contributed by atoms with E-state index in [0.29, 0.717) is 53.5 Å². The molecule has 0 atom stereocenters. The Kier molecular flexibility index (Phi) is 5.26. The van der Waals surface area contributed by atoms with Crippen molar-refractivity contribution in [2.24, 2.45) is 5.10 Å². The fourth-order valence-electron chi connectivity index (χ4n) is 4.82. The first-order valence-electron chi connectivity index (χ1n) is 11.6. The highest BCUT2D eigenvalue weighted by Crippen LogP contribution is 2.52. The number of fused-ring (bicyclic) bond motifs is 1. The zero-order chi connectivity index (χ0) is 24.2. The highest BCUT2D eigenvalue weighted by Gasteiger charge is 2.49. The molecule has 3 aromatic rings. The average Bonchev–Trinajstić information content (AvgIpc) is 3.43. The van der Waals surface area contributed by atoms with Gasteiger partial charge in [-0.05, 0) is 44.2 Å². The van der Waals surface area contributed by atoms with Gasteiger partial charge in [-0.1, -0.05) is 0 Å². The number of piperazine rings is 1. The number of hydrogen-bond acceptors (Lipinski definition) is 7. The standard InChI is InChI=1S/C24H25FN6O3S/c1-29-6-8-30(9-7-29)20-17(25)11-16-19-22(20)34-14-24(4-5-24)31(19)13-15(21(16)32)12-26-28-23(35)27-18-3-2-10-33-18/h2-3,10-13H,4-9,14H2,1H3,(H2,27,28,35)/b26-12+. The fraction of sp³-hybridized carbons (Fsp3) is 0.375. The molecule has 1 spiro atoms. The minimum atomic E-state index is -0.441. The van der Waals surface area contributed by atoms with Crippen molar-refractivity contribution in [2.45, 2.75) is 18.4 Å². The van der Waals surface area contributed by atoms with E-state index in [9.17, 15) is 4.79 Å². The van der Waals surface area contributed by atoms with Gasteiger partial charge in [0.1, 0.15) is 12.3 Å². The van der Waals surface area contributed by atoms with Crippen molar-refractivity contribution in [3.63, 3.8) is 0 Å². The third-order valence-electron chi connectivity index (χ3n) is 6.97. The maximum Gasteiger partial charge on any atom is 0.198 e. The SMILES string of the molecule is CN1CCN(c2c(F)cc3c(=O)c(/C=N/NC(=S)Nc4ccco4)cn4c3c2OCC42CC2)CC1. The van der Waals surface area contributed by atoms with Crippen LogP contribution in [0.15, 0.2) is 45.0 Å². The number of nitrogens with zero attached hydrogens (tertiary/aromatic N) is 4. The van der Waals surface area contributed by atoms with Gasteiger partial charge in [-0.15, -0.1) is 0 Å². The van der Waals surface area contributed by atoms with Crippen LogP contribution in [0.4, 0.5) is 16.0 Å². The topological polar surface area (TPSA) is 87.3 Å². The van der Waals surface area contributed by atoms with Gasteiger partial charge in [0.05, 0.1) is 34.5 Å². The first-order chi connectivity index (χ1) is 16.9. The second-order valence-corrected chi connectivity index (χ2v) is 9.73. The number of halogens is 1. The van der Waals surface area contributed by atoms with E-state index < -0.39 is 5.82 Å². The molecular weight excluding hydrogens is 471 g/mol. The van der Waals surface area contributed by atoms with E-state index in [1.54, 1.807) is 12.1 Å². The molecule has 2 aliphatic heterocycles. The Bertz CT molecular complexity index is 1390. The highest BCUT2D eigenvalue weighted by molar-refractivity contribution is 7.80. The normalized spacial score (nSPS) is 18.7. The summed E-state index contributed by atoms with van der Waals surface area (Å²) in [5.74, 6) is 0.496. The quantitative estimate of drug-likeness (QED) is 0.324. The predicted octanol–water partition coefficient (Wildman–Crippen LogP) is 2.69. The molecule has 3 aliphatic rings. The average molecular weight is 497 g/mol. The van der Waals surface area contributed by atoms with Gasteiger partial charge in [0.2, 0.25) is 0 Å². The minimum absolute atomic E-state index is 0.206. The van der Waals surface area contributed by atoms with E-state index in [4.69, 9.17) is 21.4 Å². The number of pyridine rings is 1. The molecule has 0 amide bonds. The number of ether oxygens (including phenoxy) is 1. The number of anilines is 2. The first-order valence-corrected chi connectivity index (χ1v) is 12.0. The number of furan rings is 1. The van der Waals surface area contributed by atoms with Crippen LogP contribution >= 0.6 is 12.2 Å². The van der Waals surface area contributed by atoms with Crippen molar-refractivity contribution >= 4 is 46.0 Å². The largest absolute Gasteiger partial charge is 0.487 e. The van der Waals surface area contributed by atoms with E-state index in [1.807, 2.05) is 11.1 Å². The molecule has 4 heterocycles. The Morgan fingerprint density at radius 1 is 1.29 bits per heavy atom. The summed E-state index contributed by atoms with van der Waals surface area (Å²) in [6, 6.07) is 4.80. The van der Waals surface area contributed by atoms with E-state index in [0.717, 1.165) is 25.9 Å². The van der Waals surface area contributed by atoms with Gasteiger partial charge in [0.25, 0.3) is 0 Å². The van der Waals surface area contributed by atoms with Crippen LogP contribution in [0, 0.1) is 5.82 Å². The van der Waals surface area contributed by atoms with Gasteiger partial charge >= 0.3 is 0 Å². The second kappa shape index (κ2) is 8.35. The van der Waals surface area contributed by atoms with Crippen molar-refractivity contribution in [3.05, 3.63) is 52.3 Å². The van der Waals surface area contributed by atoms with Gasteiger partial charge in [0.15, 0.2) is 28.0 Å². The molecule has 2 aromatic heterocycles. The summed E-state index contributed by atoms with van der Waals surface area (Å²) in [6.45, 7) is 3.54. The van der Waals surface area contributed by atoms with E-state index >= 15 is 4.39 Å². The van der Waals surface area contributed by atoms with Gasteiger partial charge in [-0.2, -0.15) is 5.10 Å². The highest BCUT2D eigenvalue weighted by atomic mass is 32.1. The number of rotatable bonds is 4. The summed E-state index contributed by atoms with van der Waals surface area (Å²) >= 11 is 5.20. The Balaban J connectivity index is 1.38. The Labute approximate surface area is 206 Å². The van der Waals surface area contributed by atoms with Crippen LogP contribution in [0.1, 0.15) is 18.4 Å². The number of hydrazone groups is 1. The lowest BCUT2D eigenvalue weighted by atomic mass is 10.0.